The van der Waals surface area contributed by atoms with Crippen LogP contribution >= 0.6 is 11.3 Å². The van der Waals surface area contributed by atoms with Crippen molar-refractivity contribution in [3.05, 3.63) is 65.0 Å². The van der Waals surface area contributed by atoms with Crippen LogP contribution < -0.4 is 5.32 Å². The average Bonchev–Trinajstić information content (AvgIpc) is 3.16. The monoisotopic (exact) mass is 379 g/mol. The fourth-order valence-electron chi connectivity index (χ4n) is 3.57. The molecule has 1 aliphatic carbocycles. The lowest BCUT2D eigenvalue weighted by atomic mass is 10.2. The second kappa shape index (κ2) is 6.16. The van der Waals surface area contributed by atoms with E-state index in [4.69, 9.17) is 0 Å². The lowest BCUT2D eigenvalue weighted by molar-refractivity contribution is -0.123. The quantitative estimate of drug-likeness (QED) is 0.530. The number of nitrogens with one attached hydrogen (secondary N) is 2. The van der Waals surface area contributed by atoms with Crippen molar-refractivity contribution in [2.45, 2.75) is 25.3 Å². The van der Waals surface area contributed by atoms with E-state index in [2.05, 4.69) is 15.3 Å². The van der Waals surface area contributed by atoms with Gasteiger partial charge in [-0.15, -0.1) is 11.3 Å². The minimum absolute atomic E-state index is 0.0418. The van der Waals surface area contributed by atoms with Crippen LogP contribution in [0.25, 0.3) is 21.1 Å². The van der Waals surface area contributed by atoms with Crippen molar-refractivity contribution in [1.29, 1.82) is 0 Å². The number of aromatic amines is 1. The molecule has 6 heteroatoms. The van der Waals surface area contributed by atoms with Crippen molar-refractivity contribution in [3.8, 4) is 0 Å². The highest BCUT2D eigenvalue weighted by Crippen LogP contribution is 2.47. The predicted octanol–water partition coefficient (Wildman–Crippen LogP) is 4.90. The number of para-hydroxylation sites is 2. The molecule has 27 heavy (non-hydrogen) atoms. The number of aromatic nitrogens is 2. The molecule has 0 aliphatic heterocycles. The standard InChI is InChI=1S/C21H18FN3OS/c1-11(19-9-12-8-13(22)6-7-18(12)27-19)23-21(26)15-10-14(15)20-24-16-4-2-3-5-17(16)25-20/h2-9,11,14-15H,10H2,1H3,(H,23,26)(H,24,25)/t11-,14+,15+/m1/s1. The molecule has 2 aromatic carbocycles. The Labute approximate surface area is 159 Å². The van der Waals surface area contributed by atoms with Crippen LogP contribution in [-0.2, 0) is 4.79 Å². The van der Waals surface area contributed by atoms with Gasteiger partial charge in [-0.1, -0.05) is 12.1 Å². The molecule has 1 fully saturated rings. The number of H-pyrrole nitrogens is 1. The van der Waals surface area contributed by atoms with Gasteiger partial charge in [0.25, 0.3) is 0 Å². The third-order valence-electron chi connectivity index (χ3n) is 5.17. The number of nitrogens with zero attached hydrogens (tertiary/aromatic N) is 1. The highest BCUT2D eigenvalue weighted by atomic mass is 32.1. The molecule has 1 amide bonds. The Balaban J connectivity index is 1.28. The van der Waals surface area contributed by atoms with Gasteiger partial charge in [-0.25, -0.2) is 9.37 Å². The maximum absolute atomic E-state index is 13.4. The molecule has 2 aromatic heterocycles. The number of benzene rings is 2. The first kappa shape index (κ1) is 16.4. The molecule has 5 rings (SSSR count). The topological polar surface area (TPSA) is 57.8 Å². The zero-order valence-corrected chi connectivity index (χ0v) is 15.5. The second-order valence-electron chi connectivity index (χ2n) is 7.15. The molecular weight excluding hydrogens is 361 g/mol. The number of thiophene rings is 1. The van der Waals surface area contributed by atoms with Crippen molar-refractivity contribution in [1.82, 2.24) is 15.3 Å². The van der Waals surface area contributed by atoms with Crippen LogP contribution in [0.1, 0.15) is 36.0 Å². The number of fused-ring (bicyclic) bond motifs is 2. The lowest BCUT2D eigenvalue weighted by Gasteiger charge is -2.11. The van der Waals surface area contributed by atoms with Crippen LogP contribution in [0.15, 0.2) is 48.5 Å². The van der Waals surface area contributed by atoms with Gasteiger partial charge in [0.1, 0.15) is 11.6 Å². The van der Waals surface area contributed by atoms with Crippen molar-refractivity contribution >= 4 is 38.4 Å². The molecular formula is C21H18FN3OS. The summed E-state index contributed by atoms with van der Waals surface area (Å²) in [5.41, 5.74) is 1.94. The maximum Gasteiger partial charge on any atom is 0.224 e. The van der Waals surface area contributed by atoms with Gasteiger partial charge in [0, 0.05) is 21.4 Å². The fraction of sp³-hybridized carbons (Fsp3) is 0.238. The molecule has 136 valence electrons. The third-order valence-corrected chi connectivity index (χ3v) is 6.47. The first-order chi connectivity index (χ1) is 13.1. The Morgan fingerprint density at radius 3 is 3.00 bits per heavy atom. The van der Waals surface area contributed by atoms with E-state index in [0.717, 1.165) is 38.2 Å². The van der Waals surface area contributed by atoms with Crippen molar-refractivity contribution in [3.63, 3.8) is 0 Å². The predicted molar refractivity (Wildman–Crippen MR) is 105 cm³/mol. The van der Waals surface area contributed by atoms with E-state index in [9.17, 15) is 9.18 Å². The number of carbonyl (C=O) groups excluding carboxylic acids is 1. The van der Waals surface area contributed by atoms with E-state index >= 15 is 0 Å². The minimum Gasteiger partial charge on any atom is -0.349 e. The average molecular weight is 379 g/mol. The lowest BCUT2D eigenvalue weighted by Crippen LogP contribution is -2.28. The van der Waals surface area contributed by atoms with Gasteiger partial charge < -0.3 is 10.3 Å². The molecule has 0 unspecified atom stereocenters. The highest BCUT2D eigenvalue weighted by molar-refractivity contribution is 7.19. The molecule has 0 radical (unpaired) electrons. The van der Waals surface area contributed by atoms with E-state index in [1.807, 2.05) is 37.3 Å². The third kappa shape index (κ3) is 3.00. The normalized spacial score (nSPS) is 20.1. The van der Waals surface area contributed by atoms with Crippen molar-refractivity contribution in [2.75, 3.05) is 0 Å². The maximum atomic E-state index is 13.4. The summed E-state index contributed by atoms with van der Waals surface area (Å²) in [6.07, 6.45) is 0.815. The largest absolute Gasteiger partial charge is 0.349 e. The number of hydrogen-bond acceptors (Lipinski definition) is 3. The number of rotatable bonds is 4. The van der Waals surface area contributed by atoms with Crippen LogP contribution in [0.4, 0.5) is 4.39 Å². The van der Waals surface area contributed by atoms with Crippen LogP contribution in [-0.4, -0.2) is 15.9 Å². The molecule has 4 aromatic rings. The molecule has 0 bridgehead atoms. The van der Waals surface area contributed by atoms with E-state index in [1.165, 1.54) is 12.1 Å². The Morgan fingerprint density at radius 1 is 1.30 bits per heavy atom. The van der Waals surface area contributed by atoms with E-state index in [1.54, 1.807) is 17.4 Å². The van der Waals surface area contributed by atoms with E-state index in [0.29, 0.717) is 0 Å². The Kier molecular flexibility index (Phi) is 3.75. The zero-order chi connectivity index (χ0) is 18.5. The van der Waals surface area contributed by atoms with Gasteiger partial charge in [0.05, 0.1) is 17.1 Å². The molecule has 2 heterocycles. The molecule has 2 N–H and O–H groups in total. The molecule has 1 aliphatic rings. The number of imidazole rings is 1. The van der Waals surface area contributed by atoms with Gasteiger partial charge in [-0.2, -0.15) is 0 Å². The van der Waals surface area contributed by atoms with E-state index < -0.39 is 0 Å². The van der Waals surface area contributed by atoms with E-state index in [-0.39, 0.29) is 29.6 Å². The van der Waals surface area contributed by atoms with Gasteiger partial charge in [0.15, 0.2) is 0 Å². The van der Waals surface area contributed by atoms with Crippen molar-refractivity contribution < 1.29 is 9.18 Å². The molecule has 3 atom stereocenters. The summed E-state index contributed by atoms with van der Waals surface area (Å²) < 4.78 is 14.4. The summed E-state index contributed by atoms with van der Waals surface area (Å²) in [5.74, 6) is 0.814. The number of amides is 1. The molecule has 1 saturated carbocycles. The summed E-state index contributed by atoms with van der Waals surface area (Å²) in [7, 11) is 0. The van der Waals surface area contributed by atoms with Crippen molar-refractivity contribution in [2.24, 2.45) is 5.92 Å². The smallest absolute Gasteiger partial charge is 0.224 e. The SMILES string of the molecule is C[C@@H](NC(=O)[C@H]1C[C@@H]1c1nc2ccccc2[nH]1)c1cc2cc(F)ccc2s1. The highest BCUT2D eigenvalue weighted by Gasteiger charge is 2.46. The fourth-order valence-corrected chi connectivity index (χ4v) is 4.62. The summed E-state index contributed by atoms with van der Waals surface area (Å²) in [6.45, 7) is 1.97. The summed E-state index contributed by atoms with van der Waals surface area (Å²) in [5, 5.41) is 3.98. The Hall–Kier alpha value is -2.73. The number of halogens is 1. The minimum atomic E-state index is -0.241. The van der Waals surface area contributed by atoms with Gasteiger partial charge >= 0.3 is 0 Å². The van der Waals surface area contributed by atoms with Crippen LogP contribution in [0.3, 0.4) is 0 Å². The number of hydrogen-bond donors (Lipinski definition) is 2. The van der Waals surface area contributed by atoms with Crippen LogP contribution in [0.5, 0.6) is 0 Å². The zero-order valence-electron chi connectivity index (χ0n) is 14.7. The van der Waals surface area contributed by atoms with Crippen LogP contribution in [0, 0.1) is 11.7 Å². The van der Waals surface area contributed by atoms with Gasteiger partial charge in [-0.3, -0.25) is 4.79 Å². The molecule has 4 nitrogen and oxygen atoms in total. The number of carbonyl (C=O) groups is 1. The van der Waals surface area contributed by atoms with Gasteiger partial charge in [-0.05, 0) is 55.1 Å². The summed E-state index contributed by atoms with van der Waals surface area (Å²) >= 11 is 1.59. The van der Waals surface area contributed by atoms with Gasteiger partial charge in [0.2, 0.25) is 5.91 Å². The molecule has 0 saturated heterocycles. The summed E-state index contributed by atoms with van der Waals surface area (Å²) in [4.78, 5) is 21.6. The first-order valence-electron chi connectivity index (χ1n) is 9.02. The van der Waals surface area contributed by atoms with Crippen LogP contribution in [0.2, 0.25) is 0 Å². The Morgan fingerprint density at radius 2 is 2.15 bits per heavy atom. The summed E-state index contributed by atoms with van der Waals surface area (Å²) in [6, 6.07) is 14.5. The Bertz CT molecular complexity index is 1130. The molecule has 0 spiro atoms. The first-order valence-corrected chi connectivity index (χ1v) is 9.84. The second-order valence-corrected chi connectivity index (χ2v) is 8.26.